The van der Waals surface area contributed by atoms with E-state index in [9.17, 15) is 5.11 Å². The largest absolute Gasteiger partial charge is 0.508 e. The molecule has 2 N–H and O–H groups in total. The van der Waals surface area contributed by atoms with Crippen molar-refractivity contribution >= 4 is 17.1 Å². The number of nitrogens with zero attached hydrogens (tertiary/aromatic N) is 1. The van der Waals surface area contributed by atoms with Crippen molar-refractivity contribution in [3.63, 3.8) is 0 Å². The van der Waals surface area contributed by atoms with Crippen LogP contribution in [0.1, 0.15) is 0 Å². The van der Waals surface area contributed by atoms with E-state index in [-0.39, 0.29) is 5.75 Å². The van der Waals surface area contributed by atoms with Crippen molar-refractivity contribution in [2.75, 3.05) is 10.4 Å². The molecule has 0 aliphatic carbocycles. The lowest BCUT2D eigenvalue weighted by Crippen LogP contribution is -2.24. The predicted molar refractivity (Wildman–Crippen MR) is 86.8 cm³/mol. The fourth-order valence-electron chi connectivity index (χ4n) is 2.10. The quantitative estimate of drug-likeness (QED) is 0.686. The number of anilines is 3. The van der Waals surface area contributed by atoms with E-state index in [2.05, 4.69) is 5.43 Å². The molecule has 3 rings (SSSR count). The minimum Gasteiger partial charge on any atom is -0.508 e. The smallest absolute Gasteiger partial charge is 0.115 e. The van der Waals surface area contributed by atoms with Gasteiger partial charge in [0.2, 0.25) is 0 Å². The van der Waals surface area contributed by atoms with Crippen molar-refractivity contribution in [1.82, 2.24) is 0 Å². The molecule has 0 saturated heterocycles. The third kappa shape index (κ3) is 3.15. The number of rotatable bonds is 4. The van der Waals surface area contributed by atoms with Crippen molar-refractivity contribution in [2.45, 2.75) is 0 Å². The Kier molecular flexibility index (Phi) is 3.74. The molecule has 3 aromatic rings. The van der Waals surface area contributed by atoms with Gasteiger partial charge < -0.3 is 5.11 Å². The molecule has 0 heterocycles. The number of hydrogen-bond donors (Lipinski definition) is 2. The molecule has 0 bridgehead atoms. The molecule has 0 aliphatic heterocycles. The van der Waals surface area contributed by atoms with Crippen LogP contribution in [0.4, 0.5) is 17.1 Å². The molecule has 0 spiro atoms. The highest BCUT2D eigenvalue weighted by Crippen LogP contribution is 2.27. The Bertz CT molecular complexity index is 681. The first-order chi connectivity index (χ1) is 10.3. The fraction of sp³-hybridized carbons (Fsp3) is 0. The highest BCUT2D eigenvalue weighted by molar-refractivity contribution is 5.68. The molecule has 0 atom stereocenters. The summed E-state index contributed by atoms with van der Waals surface area (Å²) in [4.78, 5) is 0. The van der Waals surface area contributed by atoms with Gasteiger partial charge in [-0.25, -0.2) is 0 Å². The third-order valence-corrected chi connectivity index (χ3v) is 3.14. The zero-order chi connectivity index (χ0) is 14.5. The minimum absolute atomic E-state index is 0.256. The second-order valence-corrected chi connectivity index (χ2v) is 4.67. The van der Waals surface area contributed by atoms with Crippen LogP contribution in [0.25, 0.3) is 0 Å². The summed E-state index contributed by atoms with van der Waals surface area (Å²) in [5, 5.41) is 11.4. The summed E-state index contributed by atoms with van der Waals surface area (Å²) >= 11 is 0. The number of aromatic hydroxyl groups is 1. The number of phenolic OH excluding ortho intramolecular Hbond substituents is 1. The number of para-hydroxylation sites is 2. The van der Waals surface area contributed by atoms with E-state index in [1.807, 2.05) is 77.8 Å². The van der Waals surface area contributed by atoms with Gasteiger partial charge in [-0.3, -0.25) is 10.4 Å². The van der Waals surface area contributed by atoms with Crippen LogP contribution >= 0.6 is 0 Å². The van der Waals surface area contributed by atoms with Crippen LogP contribution in [-0.4, -0.2) is 5.11 Å². The van der Waals surface area contributed by atoms with Crippen LogP contribution in [0.5, 0.6) is 5.75 Å². The lowest BCUT2D eigenvalue weighted by Gasteiger charge is -2.26. The molecule has 0 amide bonds. The number of hydrazine groups is 1. The Morgan fingerprint density at radius 2 is 1.14 bits per heavy atom. The molecule has 0 fully saturated rings. The van der Waals surface area contributed by atoms with Crippen molar-refractivity contribution in [3.05, 3.63) is 84.9 Å². The van der Waals surface area contributed by atoms with E-state index in [0.717, 1.165) is 17.1 Å². The van der Waals surface area contributed by atoms with E-state index in [4.69, 9.17) is 0 Å². The maximum atomic E-state index is 9.46. The Balaban J connectivity index is 1.97. The second kappa shape index (κ2) is 6.01. The van der Waals surface area contributed by atoms with Gasteiger partial charge in [0.1, 0.15) is 5.75 Å². The van der Waals surface area contributed by atoms with Crippen LogP contribution < -0.4 is 10.4 Å². The normalized spacial score (nSPS) is 10.1. The topological polar surface area (TPSA) is 35.5 Å². The van der Waals surface area contributed by atoms with Crippen molar-refractivity contribution in [2.24, 2.45) is 0 Å². The highest BCUT2D eigenvalue weighted by atomic mass is 16.3. The first-order valence-electron chi connectivity index (χ1n) is 6.79. The average Bonchev–Trinajstić information content (AvgIpc) is 2.55. The summed E-state index contributed by atoms with van der Waals surface area (Å²) in [5.41, 5.74) is 6.35. The van der Waals surface area contributed by atoms with Crippen molar-refractivity contribution in [3.8, 4) is 5.75 Å². The molecular weight excluding hydrogens is 260 g/mol. The van der Waals surface area contributed by atoms with Gasteiger partial charge >= 0.3 is 0 Å². The molecule has 104 valence electrons. The molecule has 0 aromatic heterocycles. The highest BCUT2D eigenvalue weighted by Gasteiger charge is 2.09. The van der Waals surface area contributed by atoms with Crippen LogP contribution in [-0.2, 0) is 0 Å². The number of phenols is 1. The summed E-state index contributed by atoms with van der Waals surface area (Å²) < 4.78 is 0. The zero-order valence-corrected chi connectivity index (χ0v) is 11.5. The van der Waals surface area contributed by atoms with Crippen LogP contribution in [0.3, 0.4) is 0 Å². The first kappa shape index (κ1) is 13.1. The van der Waals surface area contributed by atoms with Gasteiger partial charge in [0.05, 0.1) is 17.1 Å². The molecule has 0 unspecified atom stereocenters. The first-order valence-corrected chi connectivity index (χ1v) is 6.79. The van der Waals surface area contributed by atoms with E-state index < -0.39 is 0 Å². The maximum Gasteiger partial charge on any atom is 0.115 e. The van der Waals surface area contributed by atoms with Crippen molar-refractivity contribution in [1.29, 1.82) is 0 Å². The van der Waals surface area contributed by atoms with Crippen LogP contribution in [0.15, 0.2) is 84.9 Å². The summed E-state index contributed by atoms with van der Waals surface area (Å²) in [5.74, 6) is 0.256. The molecule has 3 heteroatoms. The lowest BCUT2D eigenvalue weighted by molar-refractivity contribution is 0.475. The summed E-state index contributed by atoms with van der Waals surface area (Å²) in [6, 6.07) is 27.1. The Hall–Kier alpha value is -2.94. The van der Waals surface area contributed by atoms with Gasteiger partial charge in [-0.1, -0.05) is 36.4 Å². The number of benzene rings is 3. The monoisotopic (exact) mass is 276 g/mol. The van der Waals surface area contributed by atoms with Gasteiger partial charge in [0.25, 0.3) is 0 Å². The third-order valence-electron chi connectivity index (χ3n) is 3.14. The van der Waals surface area contributed by atoms with Gasteiger partial charge in [-0.05, 0) is 48.5 Å². The van der Waals surface area contributed by atoms with Gasteiger partial charge in [0.15, 0.2) is 0 Å². The number of nitrogens with one attached hydrogen (secondary N) is 1. The SMILES string of the molecule is Oc1ccc(N(Nc2ccccc2)c2ccccc2)cc1. The van der Waals surface area contributed by atoms with E-state index in [1.165, 1.54) is 0 Å². The summed E-state index contributed by atoms with van der Waals surface area (Å²) in [7, 11) is 0. The molecule has 0 radical (unpaired) electrons. The standard InChI is InChI=1S/C18H16N2O/c21-18-13-11-17(12-14-18)20(16-9-5-2-6-10-16)19-15-7-3-1-4-8-15/h1-14,19,21H. The van der Waals surface area contributed by atoms with Crippen LogP contribution in [0, 0.1) is 0 Å². The average molecular weight is 276 g/mol. The molecule has 21 heavy (non-hydrogen) atoms. The van der Waals surface area contributed by atoms with Crippen molar-refractivity contribution < 1.29 is 5.11 Å². The van der Waals surface area contributed by atoms with Gasteiger partial charge in [-0.2, -0.15) is 0 Å². The minimum atomic E-state index is 0.256. The maximum absolute atomic E-state index is 9.46. The second-order valence-electron chi connectivity index (χ2n) is 4.67. The molecule has 0 aliphatic rings. The van der Waals surface area contributed by atoms with E-state index in [0.29, 0.717) is 0 Å². The Morgan fingerprint density at radius 3 is 1.76 bits per heavy atom. The Labute approximate surface area is 124 Å². The molecule has 3 aromatic carbocycles. The lowest BCUT2D eigenvalue weighted by atomic mass is 10.2. The van der Waals surface area contributed by atoms with Gasteiger partial charge in [-0.15, -0.1) is 0 Å². The van der Waals surface area contributed by atoms with E-state index >= 15 is 0 Å². The molecule has 3 nitrogen and oxygen atoms in total. The van der Waals surface area contributed by atoms with E-state index in [1.54, 1.807) is 12.1 Å². The summed E-state index contributed by atoms with van der Waals surface area (Å²) in [6.45, 7) is 0. The predicted octanol–water partition coefficient (Wildman–Crippen LogP) is 4.56. The molecular formula is C18H16N2O. The fourth-order valence-corrected chi connectivity index (χ4v) is 2.10. The van der Waals surface area contributed by atoms with Gasteiger partial charge in [0, 0.05) is 0 Å². The molecule has 0 saturated carbocycles. The Morgan fingerprint density at radius 1 is 0.619 bits per heavy atom. The zero-order valence-electron chi connectivity index (χ0n) is 11.5. The number of hydrogen-bond acceptors (Lipinski definition) is 3. The van der Waals surface area contributed by atoms with Crippen LogP contribution in [0.2, 0.25) is 0 Å². The summed E-state index contributed by atoms with van der Waals surface area (Å²) in [6.07, 6.45) is 0.